The maximum absolute atomic E-state index is 12.1. The molecule has 2 rings (SSSR count). The van der Waals surface area contributed by atoms with E-state index in [9.17, 15) is 9.59 Å². The van der Waals surface area contributed by atoms with Crippen molar-refractivity contribution < 1.29 is 9.59 Å². The molecule has 0 heterocycles. The number of Topliss-reactive ketones (excluding diaryl/α,β-unsaturated/α-hetero) is 1. The van der Waals surface area contributed by atoms with E-state index >= 15 is 0 Å². The largest absolute Gasteiger partial charge is 0.298 e. The van der Waals surface area contributed by atoms with Gasteiger partial charge in [-0.3, -0.25) is 9.59 Å². The molecule has 2 nitrogen and oxygen atoms in total. The van der Waals surface area contributed by atoms with Crippen molar-refractivity contribution in [3.05, 3.63) is 35.4 Å². The van der Waals surface area contributed by atoms with Crippen LogP contribution in [0.4, 0.5) is 0 Å². The fraction of sp³-hybridized carbons (Fsp3) is 0.429. The summed E-state index contributed by atoms with van der Waals surface area (Å²) in [7, 11) is 0. The number of hydrogen-bond acceptors (Lipinski definition) is 2. The van der Waals surface area contributed by atoms with Crippen LogP contribution in [0.15, 0.2) is 24.3 Å². The second kappa shape index (κ2) is 5.06. The SMILES string of the molecule is O=Cc1ccc(C(=O)C2CCCCC2)cc1. The zero-order valence-corrected chi connectivity index (χ0v) is 9.32. The first kappa shape index (κ1) is 11.1. The highest BCUT2D eigenvalue weighted by atomic mass is 16.1. The molecule has 0 atom stereocenters. The third-order valence-corrected chi connectivity index (χ3v) is 3.31. The Hall–Kier alpha value is -1.44. The molecule has 0 saturated heterocycles. The minimum atomic E-state index is 0.204. The van der Waals surface area contributed by atoms with Gasteiger partial charge in [-0.2, -0.15) is 0 Å². The Morgan fingerprint density at radius 3 is 2.25 bits per heavy atom. The zero-order chi connectivity index (χ0) is 11.4. The first-order valence-corrected chi connectivity index (χ1v) is 5.91. The van der Waals surface area contributed by atoms with Crippen molar-refractivity contribution in [2.45, 2.75) is 32.1 Å². The van der Waals surface area contributed by atoms with Gasteiger partial charge in [0.1, 0.15) is 6.29 Å². The molecule has 1 aliphatic carbocycles. The molecule has 2 heteroatoms. The van der Waals surface area contributed by atoms with Crippen molar-refractivity contribution in [2.24, 2.45) is 5.92 Å². The lowest BCUT2D eigenvalue weighted by molar-refractivity contribution is 0.0889. The number of hydrogen-bond donors (Lipinski definition) is 0. The molecule has 1 aromatic rings. The van der Waals surface area contributed by atoms with E-state index in [1.807, 2.05) is 0 Å². The summed E-state index contributed by atoms with van der Waals surface area (Å²) < 4.78 is 0. The van der Waals surface area contributed by atoms with Crippen LogP contribution in [-0.2, 0) is 0 Å². The van der Waals surface area contributed by atoms with E-state index < -0.39 is 0 Å². The third-order valence-electron chi connectivity index (χ3n) is 3.31. The Morgan fingerprint density at radius 1 is 1.06 bits per heavy atom. The quantitative estimate of drug-likeness (QED) is 0.574. The molecular formula is C14H16O2. The van der Waals surface area contributed by atoms with Gasteiger partial charge in [-0.1, -0.05) is 43.5 Å². The number of carbonyl (C=O) groups is 2. The van der Waals surface area contributed by atoms with Gasteiger partial charge in [0, 0.05) is 17.0 Å². The monoisotopic (exact) mass is 216 g/mol. The van der Waals surface area contributed by atoms with Gasteiger partial charge >= 0.3 is 0 Å². The summed E-state index contributed by atoms with van der Waals surface area (Å²) in [4.78, 5) is 22.6. The highest BCUT2D eigenvalue weighted by Crippen LogP contribution is 2.26. The van der Waals surface area contributed by atoms with Gasteiger partial charge < -0.3 is 0 Å². The third kappa shape index (κ3) is 2.38. The van der Waals surface area contributed by atoms with Crippen LogP contribution in [0, 0.1) is 5.92 Å². The lowest BCUT2D eigenvalue weighted by Crippen LogP contribution is -2.17. The molecule has 0 radical (unpaired) electrons. The highest BCUT2D eigenvalue weighted by Gasteiger charge is 2.21. The van der Waals surface area contributed by atoms with Crippen LogP contribution in [0.2, 0.25) is 0 Å². The minimum Gasteiger partial charge on any atom is -0.298 e. The fourth-order valence-corrected chi connectivity index (χ4v) is 2.33. The van der Waals surface area contributed by atoms with Crippen molar-refractivity contribution in [3.63, 3.8) is 0 Å². The summed E-state index contributed by atoms with van der Waals surface area (Å²) in [6.07, 6.45) is 6.44. The van der Waals surface area contributed by atoms with Crippen molar-refractivity contribution in [1.29, 1.82) is 0 Å². The van der Waals surface area contributed by atoms with Gasteiger partial charge in [0.15, 0.2) is 5.78 Å². The number of ketones is 1. The molecule has 0 spiro atoms. The van der Waals surface area contributed by atoms with E-state index in [0.29, 0.717) is 5.56 Å². The molecule has 0 unspecified atom stereocenters. The fourth-order valence-electron chi connectivity index (χ4n) is 2.33. The first-order chi connectivity index (χ1) is 7.81. The number of carbonyl (C=O) groups excluding carboxylic acids is 2. The molecule has 1 saturated carbocycles. The predicted molar refractivity (Wildman–Crippen MR) is 62.7 cm³/mol. The molecule has 1 fully saturated rings. The molecule has 0 aromatic heterocycles. The average Bonchev–Trinajstić information content (AvgIpc) is 2.39. The molecule has 0 aliphatic heterocycles. The Morgan fingerprint density at radius 2 is 1.69 bits per heavy atom. The van der Waals surface area contributed by atoms with Gasteiger partial charge in [0.2, 0.25) is 0 Å². The highest BCUT2D eigenvalue weighted by molar-refractivity contribution is 5.98. The molecule has 84 valence electrons. The summed E-state index contributed by atoms with van der Waals surface area (Å²) in [5.41, 5.74) is 1.37. The molecule has 0 bridgehead atoms. The van der Waals surface area contributed by atoms with Crippen molar-refractivity contribution in [1.82, 2.24) is 0 Å². The van der Waals surface area contributed by atoms with Gasteiger partial charge in [-0.05, 0) is 12.8 Å². The van der Waals surface area contributed by atoms with E-state index in [2.05, 4.69) is 0 Å². The molecule has 0 N–H and O–H groups in total. The average molecular weight is 216 g/mol. The van der Waals surface area contributed by atoms with E-state index in [1.165, 1.54) is 19.3 Å². The summed E-state index contributed by atoms with van der Waals surface area (Å²) in [6, 6.07) is 6.95. The Balaban J connectivity index is 2.10. The van der Waals surface area contributed by atoms with E-state index in [-0.39, 0.29) is 11.7 Å². The maximum Gasteiger partial charge on any atom is 0.165 e. The summed E-state index contributed by atoms with van der Waals surface area (Å²) in [6.45, 7) is 0. The zero-order valence-electron chi connectivity index (χ0n) is 9.32. The van der Waals surface area contributed by atoms with Gasteiger partial charge in [0.25, 0.3) is 0 Å². The standard InChI is InChI=1S/C14H16O2/c15-10-11-6-8-13(9-7-11)14(16)12-4-2-1-3-5-12/h6-10,12H,1-5H2. The van der Waals surface area contributed by atoms with Gasteiger partial charge in [-0.15, -0.1) is 0 Å². The Kier molecular flexibility index (Phi) is 3.50. The van der Waals surface area contributed by atoms with E-state index in [4.69, 9.17) is 0 Å². The Bertz CT molecular complexity index is 372. The lowest BCUT2D eigenvalue weighted by atomic mass is 9.84. The smallest absolute Gasteiger partial charge is 0.165 e. The van der Waals surface area contributed by atoms with Crippen molar-refractivity contribution in [3.8, 4) is 0 Å². The van der Waals surface area contributed by atoms with Crippen molar-refractivity contribution in [2.75, 3.05) is 0 Å². The van der Waals surface area contributed by atoms with Crippen LogP contribution in [0.5, 0.6) is 0 Å². The number of aldehydes is 1. The molecule has 1 aliphatic rings. The van der Waals surface area contributed by atoms with Crippen LogP contribution in [-0.4, -0.2) is 12.1 Å². The maximum atomic E-state index is 12.1. The normalized spacial score (nSPS) is 17.0. The van der Waals surface area contributed by atoms with E-state index in [1.54, 1.807) is 24.3 Å². The number of rotatable bonds is 3. The van der Waals surface area contributed by atoms with Crippen LogP contribution >= 0.6 is 0 Å². The number of benzene rings is 1. The second-order valence-electron chi connectivity index (χ2n) is 4.44. The van der Waals surface area contributed by atoms with Gasteiger partial charge in [0.05, 0.1) is 0 Å². The Labute approximate surface area is 95.7 Å². The van der Waals surface area contributed by atoms with E-state index in [0.717, 1.165) is 24.7 Å². The van der Waals surface area contributed by atoms with Crippen molar-refractivity contribution >= 4 is 12.1 Å². The van der Waals surface area contributed by atoms with Crippen LogP contribution in [0.3, 0.4) is 0 Å². The van der Waals surface area contributed by atoms with Crippen LogP contribution < -0.4 is 0 Å². The summed E-state index contributed by atoms with van der Waals surface area (Å²) >= 11 is 0. The second-order valence-corrected chi connectivity index (χ2v) is 4.44. The molecule has 16 heavy (non-hydrogen) atoms. The van der Waals surface area contributed by atoms with Gasteiger partial charge in [-0.25, -0.2) is 0 Å². The predicted octanol–water partition coefficient (Wildman–Crippen LogP) is 3.26. The summed E-state index contributed by atoms with van der Waals surface area (Å²) in [5, 5.41) is 0. The molecular weight excluding hydrogens is 200 g/mol. The van der Waals surface area contributed by atoms with Crippen LogP contribution in [0.1, 0.15) is 52.8 Å². The molecule has 0 amide bonds. The van der Waals surface area contributed by atoms with Crippen LogP contribution in [0.25, 0.3) is 0 Å². The lowest BCUT2D eigenvalue weighted by Gasteiger charge is -2.20. The topological polar surface area (TPSA) is 34.1 Å². The minimum absolute atomic E-state index is 0.204. The molecule has 1 aromatic carbocycles. The first-order valence-electron chi connectivity index (χ1n) is 5.91. The summed E-state index contributed by atoms with van der Waals surface area (Å²) in [5.74, 6) is 0.452.